The molecule has 2 N–H and O–H groups in total. The summed E-state index contributed by atoms with van der Waals surface area (Å²) in [4.78, 5) is 24.2. The second-order valence-electron chi connectivity index (χ2n) is 10.4. The van der Waals surface area contributed by atoms with E-state index in [9.17, 15) is 9.18 Å². The SMILES string of the molecule is O=C(/C=C/CN1C2CCC1COC2)Nc1cc2c(Nc3ccc(F)c(Cl)c3)ncnc2cc1OCC1CCOC1. The van der Waals surface area contributed by atoms with Crippen LogP contribution in [0.25, 0.3) is 10.9 Å². The smallest absolute Gasteiger partial charge is 0.248 e. The fourth-order valence-electron chi connectivity index (χ4n) is 5.50. The zero-order chi connectivity index (χ0) is 27.5. The number of nitrogens with one attached hydrogen (secondary N) is 2. The third kappa shape index (κ3) is 6.05. The summed E-state index contributed by atoms with van der Waals surface area (Å²) in [6, 6.07) is 8.77. The molecule has 6 rings (SSSR count). The van der Waals surface area contributed by atoms with Crippen LogP contribution in [0.2, 0.25) is 5.02 Å². The maximum atomic E-state index is 13.7. The van der Waals surface area contributed by atoms with Gasteiger partial charge in [0, 0.05) is 54.4 Å². The first-order valence-corrected chi connectivity index (χ1v) is 13.9. The van der Waals surface area contributed by atoms with Gasteiger partial charge in [-0.15, -0.1) is 0 Å². The number of hydrogen-bond donors (Lipinski definition) is 2. The Morgan fingerprint density at radius 2 is 1.98 bits per heavy atom. The third-order valence-electron chi connectivity index (χ3n) is 7.65. The molecule has 40 heavy (non-hydrogen) atoms. The van der Waals surface area contributed by atoms with Crippen molar-refractivity contribution >= 4 is 45.6 Å². The second-order valence-corrected chi connectivity index (χ2v) is 10.8. The van der Waals surface area contributed by atoms with Gasteiger partial charge in [0.25, 0.3) is 0 Å². The number of benzene rings is 2. The maximum absolute atomic E-state index is 13.7. The summed E-state index contributed by atoms with van der Waals surface area (Å²) < 4.78 is 31.0. The van der Waals surface area contributed by atoms with Crippen molar-refractivity contribution in [3.63, 3.8) is 0 Å². The predicted molar refractivity (Wildman–Crippen MR) is 151 cm³/mol. The van der Waals surface area contributed by atoms with Crippen molar-refractivity contribution in [3.8, 4) is 5.75 Å². The van der Waals surface area contributed by atoms with Crippen LogP contribution in [0.3, 0.4) is 0 Å². The van der Waals surface area contributed by atoms with E-state index in [1.165, 1.54) is 18.5 Å². The molecular formula is C29H31ClFN5O4. The van der Waals surface area contributed by atoms with Gasteiger partial charge in [-0.3, -0.25) is 9.69 Å². The van der Waals surface area contributed by atoms with Crippen molar-refractivity contribution in [2.24, 2.45) is 5.92 Å². The Labute approximate surface area is 236 Å². The van der Waals surface area contributed by atoms with Crippen molar-refractivity contribution in [3.05, 3.63) is 59.7 Å². The van der Waals surface area contributed by atoms with E-state index in [2.05, 4.69) is 25.5 Å². The summed E-state index contributed by atoms with van der Waals surface area (Å²) in [6.45, 7) is 4.05. The van der Waals surface area contributed by atoms with Crippen molar-refractivity contribution < 1.29 is 23.4 Å². The van der Waals surface area contributed by atoms with Crippen LogP contribution in [-0.2, 0) is 14.3 Å². The van der Waals surface area contributed by atoms with Crippen molar-refractivity contribution in [2.75, 3.05) is 50.2 Å². The molecule has 1 aromatic heterocycles. The highest BCUT2D eigenvalue weighted by atomic mass is 35.5. The highest BCUT2D eigenvalue weighted by molar-refractivity contribution is 6.31. The number of fused-ring (bicyclic) bond motifs is 3. The Morgan fingerprint density at radius 1 is 1.12 bits per heavy atom. The number of carbonyl (C=O) groups excluding carboxylic acids is 1. The molecule has 4 heterocycles. The number of anilines is 3. The minimum Gasteiger partial charge on any atom is -0.491 e. The largest absolute Gasteiger partial charge is 0.491 e. The van der Waals surface area contributed by atoms with Crippen LogP contribution in [0.5, 0.6) is 5.75 Å². The lowest BCUT2D eigenvalue weighted by Crippen LogP contribution is -2.45. The number of carbonyl (C=O) groups is 1. The van der Waals surface area contributed by atoms with Crippen LogP contribution in [0.4, 0.5) is 21.6 Å². The van der Waals surface area contributed by atoms with E-state index in [0.717, 1.165) is 39.1 Å². The van der Waals surface area contributed by atoms with Crippen molar-refractivity contribution in [1.29, 1.82) is 0 Å². The number of aromatic nitrogens is 2. The number of amides is 1. The quantitative estimate of drug-likeness (QED) is 0.351. The number of ether oxygens (including phenoxy) is 3. The highest BCUT2D eigenvalue weighted by Crippen LogP contribution is 2.34. The van der Waals surface area contributed by atoms with E-state index in [1.807, 2.05) is 6.08 Å². The molecule has 0 aliphatic carbocycles. The maximum Gasteiger partial charge on any atom is 0.248 e. The first-order valence-electron chi connectivity index (χ1n) is 13.6. The van der Waals surface area contributed by atoms with Crippen LogP contribution in [0.15, 0.2) is 48.8 Å². The summed E-state index contributed by atoms with van der Waals surface area (Å²) in [5.41, 5.74) is 1.70. The molecule has 2 bridgehead atoms. The van der Waals surface area contributed by atoms with Gasteiger partial charge in [0.15, 0.2) is 0 Å². The molecule has 3 unspecified atom stereocenters. The van der Waals surface area contributed by atoms with Gasteiger partial charge in [-0.25, -0.2) is 14.4 Å². The summed E-state index contributed by atoms with van der Waals surface area (Å²) >= 11 is 5.96. The average molecular weight is 568 g/mol. The summed E-state index contributed by atoms with van der Waals surface area (Å²) in [7, 11) is 0. The molecule has 3 saturated heterocycles. The van der Waals surface area contributed by atoms with Crippen LogP contribution in [0, 0.1) is 11.7 Å². The zero-order valence-electron chi connectivity index (χ0n) is 21.9. The monoisotopic (exact) mass is 567 g/mol. The Hall–Kier alpha value is -3.31. The standard InChI is InChI=1S/C29H31ClFN5O4/c30-23-10-19(3-6-24(23)31)34-29-22-11-26(27(12-25(22)32-17-33-29)40-14-18-7-9-38-13-18)35-28(37)2-1-8-36-20-4-5-21(36)16-39-15-20/h1-3,6,10-12,17-18,20-21H,4-5,7-9,13-16H2,(H,35,37)(H,32,33,34)/b2-1+. The Kier molecular flexibility index (Phi) is 8.10. The van der Waals surface area contributed by atoms with E-state index < -0.39 is 5.82 Å². The van der Waals surface area contributed by atoms with Gasteiger partial charge in [-0.1, -0.05) is 17.7 Å². The van der Waals surface area contributed by atoms with Crippen LogP contribution >= 0.6 is 11.6 Å². The van der Waals surface area contributed by atoms with Crippen molar-refractivity contribution in [1.82, 2.24) is 14.9 Å². The normalized spacial score (nSPS) is 22.7. The van der Waals surface area contributed by atoms with Gasteiger partial charge >= 0.3 is 0 Å². The summed E-state index contributed by atoms with van der Waals surface area (Å²) in [5.74, 6) is 0.521. The van der Waals surface area contributed by atoms with E-state index in [4.69, 9.17) is 25.8 Å². The number of nitrogens with zero attached hydrogens (tertiary/aromatic N) is 3. The van der Waals surface area contributed by atoms with Crippen LogP contribution in [-0.4, -0.2) is 72.4 Å². The topological polar surface area (TPSA) is 97.8 Å². The number of morpholine rings is 1. The molecule has 3 aliphatic rings. The molecule has 3 aliphatic heterocycles. The average Bonchev–Trinajstić information content (AvgIpc) is 3.54. The Bertz CT molecular complexity index is 1400. The molecule has 3 aromatic rings. The van der Waals surface area contributed by atoms with E-state index in [1.54, 1.807) is 24.3 Å². The Balaban J connectivity index is 1.23. The molecule has 9 nitrogen and oxygen atoms in total. The van der Waals surface area contributed by atoms with Gasteiger partial charge in [0.05, 0.1) is 42.7 Å². The number of rotatable bonds is 9. The van der Waals surface area contributed by atoms with Gasteiger partial charge < -0.3 is 24.8 Å². The van der Waals surface area contributed by atoms with Gasteiger partial charge in [0.1, 0.15) is 23.7 Å². The molecule has 210 valence electrons. The van der Waals surface area contributed by atoms with Crippen LogP contribution < -0.4 is 15.4 Å². The molecule has 0 radical (unpaired) electrons. The first-order chi connectivity index (χ1) is 19.5. The van der Waals surface area contributed by atoms with E-state index in [0.29, 0.717) is 65.7 Å². The summed E-state index contributed by atoms with van der Waals surface area (Å²) in [5, 5.41) is 6.81. The van der Waals surface area contributed by atoms with Crippen LogP contribution in [0.1, 0.15) is 19.3 Å². The third-order valence-corrected chi connectivity index (χ3v) is 7.94. The second kappa shape index (κ2) is 12.1. The van der Waals surface area contributed by atoms with E-state index >= 15 is 0 Å². The van der Waals surface area contributed by atoms with Gasteiger partial charge in [-0.2, -0.15) is 0 Å². The number of halogens is 2. The molecule has 11 heteroatoms. The van der Waals surface area contributed by atoms with Crippen molar-refractivity contribution in [2.45, 2.75) is 31.3 Å². The molecule has 3 atom stereocenters. The molecule has 2 aromatic carbocycles. The first kappa shape index (κ1) is 26.9. The summed E-state index contributed by atoms with van der Waals surface area (Å²) in [6.07, 6.45) is 8.10. The zero-order valence-corrected chi connectivity index (χ0v) is 22.7. The fourth-order valence-corrected chi connectivity index (χ4v) is 5.68. The highest BCUT2D eigenvalue weighted by Gasteiger charge is 2.36. The minimum absolute atomic E-state index is 0.000217. The minimum atomic E-state index is -0.506. The molecule has 1 amide bonds. The molecule has 3 fully saturated rings. The fraction of sp³-hybridized carbons (Fsp3) is 0.414. The Morgan fingerprint density at radius 3 is 2.75 bits per heavy atom. The lowest BCUT2D eigenvalue weighted by Gasteiger charge is -2.33. The van der Waals surface area contributed by atoms with Gasteiger partial charge in [-0.05, 0) is 43.5 Å². The van der Waals surface area contributed by atoms with E-state index in [-0.39, 0.29) is 16.8 Å². The predicted octanol–water partition coefficient (Wildman–Crippen LogP) is 4.94. The molecule has 0 saturated carbocycles. The lowest BCUT2D eigenvalue weighted by molar-refractivity contribution is -0.112. The molecule has 0 spiro atoms. The van der Waals surface area contributed by atoms with Gasteiger partial charge in [0.2, 0.25) is 5.91 Å². The lowest BCUT2D eigenvalue weighted by atomic mass is 10.1. The molecular weight excluding hydrogens is 537 g/mol. The number of hydrogen-bond acceptors (Lipinski definition) is 8.